The summed E-state index contributed by atoms with van der Waals surface area (Å²) in [6, 6.07) is 5.56. The normalized spacial score (nSPS) is 20.0. The lowest BCUT2D eigenvalue weighted by atomic mass is 9.79. The minimum atomic E-state index is -3.62. The molecule has 2 rings (SSSR count). The van der Waals surface area contributed by atoms with Gasteiger partial charge in [0, 0.05) is 55.2 Å². The van der Waals surface area contributed by atoms with Crippen molar-refractivity contribution in [1.82, 2.24) is 0 Å². The van der Waals surface area contributed by atoms with Gasteiger partial charge in [-0.3, -0.25) is 19.7 Å². The molecule has 0 saturated heterocycles. The van der Waals surface area contributed by atoms with E-state index in [1.54, 1.807) is 47.6 Å². The summed E-state index contributed by atoms with van der Waals surface area (Å²) in [6.45, 7) is -9.14. The van der Waals surface area contributed by atoms with E-state index in [1.807, 2.05) is 0 Å². The summed E-state index contributed by atoms with van der Waals surface area (Å²) in [5.41, 5.74) is -9.82. The smallest absolute Gasteiger partial charge is 0.308 e. The molecule has 0 atom stereocenters. The molecule has 0 spiro atoms. The number of benzene rings is 2. The molecule has 2 aromatic carbocycles. The Morgan fingerprint density at radius 3 is 1.52 bits per heavy atom. The third-order valence-electron chi connectivity index (χ3n) is 5.26. The summed E-state index contributed by atoms with van der Waals surface area (Å²) < 4.78 is 152. The molecule has 2 aromatic rings. The van der Waals surface area contributed by atoms with Crippen LogP contribution in [-0.2, 0) is 31.2 Å². The van der Waals surface area contributed by atoms with E-state index in [2.05, 4.69) is 0 Å². The SMILES string of the molecule is ClCCl.[2H]C([2H])([2H])C(c1cc(C(C)(C)C)c([N+](=O)[O-])cc1OC(C)=O)(C([2H])([2H])[2H])C([2H])([2H])[2H].[2H]C([2H])([2H])C(c1cc(C(C)(C)C)ccc1OC(C)=O)(C([2H])([2H])[2H])C([2H])([2H])[2H]. The molecule has 0 aliphatic rings. The number of nitrogens with zero attached hydrogens (tertiary/aromatic N) is 1. The maximum Gasteiger partial charge on any atom is 0.308 e. The largest absolute Gasteiger partial charge is 0.426 e. The van der Waals surface area contributed by atoms with Crippen LogP contribution in [0.15, 0.2) is 30.3 Å². The van der Waals surface area contributed by atoms with E-state index >= 15 is 0 Å². The van der Waals surface area contributed by atoms with Crippen LogP contribution in [-0.4, -0.2) is 22.2 Å². The van der Waals surface area contributed by atoms with E-state index in [9.17, 15) is 19.7 Å². The van der Waals surface area contributed by atoms with Gasteiger partial charge in [-0.25, -0.2) is 0 Å². The first-order valence-corrected chi connectivity index (χ1v) is 13.3. The molecular weight excluding hydrogens is 577 g/mol. The minimum Gasteiger partial charge on any atom is -0.426 e. The van der Waals surface area contributed by atoms with Gasteiger partial charge in [0.1, 0.15) is 11.5 Å². The summed E-state index contributed by atoms with van der Waals surface area (Å²) in [6.07, 6.45) is 0. The molecule has 0 saturated carbocycles. The molecule has 0 unspecified atom stereocenters. The Morgan fingerprint density at radius 2 is 1.17 bits per heavy atom. The molecule has 9 heteroatoms. The van der Waals surface area contributed by atoms with Crippen LogP contribution >= 0.6 is 23.2 Å². The number of esters is 2. The minimum absolute atomic E-state index is 0.111. The average molecular weight is 645 g/mol. The second-order valence-electron chi connectivity index (χ2n) is 11.1. The molecule has 0 heterocycles. The molecule has 7 nitrogen and oxygen atoms in total. The molecule has 0 radical (unpaired) electrons. The standard InChI is InChI=1S/C16H23NO4.C16H24O2.CH2Cl2/c1-10(18)21-14-9-13(17(19)20)11(15(2,3)4)8-12(14)16(5,6)7;1-11(17)18-14-9-8-12(15(2,3)4)10-13(14)16(5,6)7;2-1-3/h8-9H,1-7H3;8-10H,1-7H3;1H2/i2*5D3,6D3,7D3;. The number of carbonyl (C=O) groups excluding carboxylic acids is 2. The molecule has 42 heavy (non-hydrogen) atoms. The summed E-state index contributed by atoms with van der Waals surface area (Å²) >= 11 is 9.53. The molecule has 0 aliphatic carbocycles. The number of carbonyl (C=O) groups is 2. The molecule has 0 N–H and O–H groups in total. The highest BCUT2D eigenvalue weighted by Gasteiger charge is 2.31. The zero-order valence-corrected chi connectivity index (χ0v) is 26.3. The molecule has 0 bridgehead atoms. The van der Waals surface area contributed by atoms with Crippen molar-refractivity contribution in [3.05, 3.63) is 62.7 Å². The van der Waals surface area contributed by atoms with E-state index < -0.39 is 102 Å². The Balaban J connectivity index is 0.00000109. The van der Waals surface area contributed by atoms with E-state index in [1.165, 1.54) is 12.1 Å². The highest BCUT2D eigenvalue weighted by atomic mass is 35.5. The number of nitro groups is 1. The topological polar surface area (TPSA) is 95.7 Å². The predicted octanol–water partition coefficient (Wildman–Crippen LogP) is 9.74. The van der Waals surface area contributed by atoms with Crippen molar-refractivity contribution in [1.29, 1.82) is 0 Å². The first kappa shape index (κ1) is 18.2. The number of rotatable bonds is 3. The lowest BCUT2D eigenvalue weighted by Crippen LogP contribution is -2.20. The van der Waals surface area contributed by atoms with Gasteiger partial charge in [0.25, 0.3) is 5.69 Å². The van der Waals surface area contributed by atoms with Gasteiger partial charge in [-0.2, -0.15) is 0 Å². The van der Waals surface area contributed by atoms with Crippen molar-refractivity contribution < 1.29 is 48.7 Å². The Labute approximate surface area is 287 Å². The molecule has 0 aromatic heterocycles. The van der Waals surface area contributed by atoms with Crippen molar-refractivity contribution in [2.24, 2.45) is 0 Å². The zero-order valence-electron chi connectivity index (χ0n) is 42.7. The van der Waals surface area contributed by atoms with Crippen LogP contribution in [0.4, 0.5) is 5.69 Å². The van der Waals surface area contributed by atoms with Crippen molar-refractivity contribution in [2.45, 2.75) is 118 Å². The van der Waals surface area contributed by atoms with Gasteiger partial charge in [0.2, 0.25) is 0 Å². The van der Waals surface area contributed by atoms with E-state index in [0.717, 1.165) is 19.9 Å². The maximum atomic E-state index is 11.6. The first-order valence-electron chi connectivity index (χ1n) is 21.2. The Kier molecular flexibility index (Phi) is 6.60. The first-order chi connectivity index (χ1) is 26.3. The number of hydrogen-bond donors (Lipinski definition) is 0. The van der Waals surface area contributed by atoms with Gasteiger partial charge < -0.3 is 9.47 Å². The van der Waals surface area contributed by atoms with Crippen LogP contribution in [0.1, 0.15) is 143 Å². The third kappa shape index (κ3) is 12.7. The van der Waals surface area contributed by atoms with Crippen LogP contribution < -0.4 is 9.47 Å². The van der Waals surface area contributed by atoms with Gasteiger partial charge in [-0.1, -0.05) is 94.8 Å². The Hall–Kier alpha value is -2.64. The zero-order chi connectivity index (χ0) is 48.4. The van der Waals surface area contributed by atoms with Gasteiger partial charge >= 0.3 is 11.9 Å². The van der Waals surface area contributed by atoms with Crippen LogP contribution in [0, 0.1) is 10.1 Å². The third-order valence-corrected chi connectivity index (χ3v) is 5.26. The Morgan fingerprint density at radius 1 is 0.738 bits per heavy atom. The molecule has 236 valence electrons. The second-order valence-corrected chi connectivity index (χ2v) is 11.9. The van der Waals surface area contributed by atoms with Gasteiger partial charge in [-0.05, 0) is 39.4 Å². The fourth-order valence-corrected chi connectivity index (χ4v) is 3.39. The highest BCUT2D eigenvalue weighted by Crippen LogP contribution is 2.41. The van der Waals surface area contributed by atoms with Gasteiger partial charge in [0.05, 0.1) is 16.3 Å². The van der Waals surface area contributed by atoms with Crippen LogP contribution in [0.2, 0.25) is 0 Å². The molecule has 0 fully saturated rings. The van der Waals surface area contributed by atoms with Crippen molar-refractivity contribution in [3.63, 3.8) is 0 Å². The summed E-state index contributed by atoms with van der Waals surface area (Å²) in [4.78, 5) is 33.9. The fraction of sp³-hybridized carbons (Fsp3) is 0.576. The van der Waals surface area contributed by atoms with Gasteiger partial charge in [0.15, 0.2) is 0 Å². The van der Waals surface area contributed by atoms with Crippen LogP contribution in [0.3, 0.4) is 0 Å². The molecular formula is C33H49Cl2NO6. The van der Waals surface area contributed by atoms with E-state index in [4.69, 9.17) is 57.3 Å². The van der Waals surface area contributed by atoms with Crippen LogP contribution in [0.5, 0.6) is 11.5 Å². The molecule has 0 amide bonds. The van der Waals surface area contributed by atoms with E-state index in [0.29, 0.717) is 11.6 Å². The second kappa shape index (κ2) is 15.2. The predicted molar refractivity (Wildman–Crippen MR) is 174 cm³/mol. The number of nitro benzene ring substituents is 1. The lowest BCUT2D eigenvalue weighted by molar-refractivity contribution is -0.386. The fourth-order valence-electron chi connectivity index (χ4n) is 3.39. The highest BCUT2D eigenvalue weighted by molar-refractivity contribution is 6.40. The van der Waals surface area contributed by atoms with Crippen molar-refractivity contribution in [3.8, 4) is 11.5 Å². The van der Waals surface area contributed by atoms with Gasteiger partial charge in [-0.15, -0.1) is 23.2 Å². The number of alkyl halides is 2. The average Bonchev–Trinajstić information content (AvgIpc) is 2.93. The number of halogens is 2. The van der Waals surface area contributed by atoms with Crippen molar-refractivity contribution in [2.75, 3.05) is 5.34 Å². The quantitative estimate of drug-likeness (QED) is 0.109. The number of hydrogen-bond acceptors (Lipinski definition) is 6. The van der Waals surface area contributed by atoms with Crippen molar-refractivity contribution >= 4 is 40.8 Å². The summed E-state index contributed by atoms with van der Waals surface area (Å²) in [7, 11) is 0. The maximum absolute atomic E-state index is 11.6. The van der Waals surface area contributed by atoms with Crippen LogP contribution in [0.25, 0.3) is 0 Å². The Bertz CT molecular complexity index is 1780. The van der Waals surface area contributed by atoms with E-state index in [-0.39, 0.29) is 16.7 Å². The molecule has 0 aliphatic heterocycles. The lowest BCUT2D eigenvalue weighted by Gasteiger charge is -2.26. The number of ether oxygens (including phenoxy) is 2. The monoisotopic (exact) mass is 643 g/mol. The summed E-state index contributed by atoms with van der Waals surface area (Å²) in [5, 5.41) is 11.8. The summed E-state index contributed by atoms with van der Waals surface area (Å²) in [5.74, 6) is -3.05.